The Hall–Kier alpha value is -1.10. The highest BCUT2D eigenvalue weighted by Gasteiger charge is 2.14. The molecule has 0 aromatic heterocycles. The summed E-state index contributed by atoms with van der Waals surface area (Å²) in [5.41, 5.74) is 0. The van der Waals surface area contributed by atoms with Gasteiger partial charge in [-0.1, -0.05) is 18.2 Å². The van der Waals surface area contributed by atoms with Crippen LogP contribution in [0.2, 0.25) is 0 Å². The van der Waals surface area contributed by atoms with E-state index in [0.717, 1.165) is 58.1 Å². The van der Waals surface area contributed by atoms with E-state index >= 15 is 0 Å². The molecule has 1 saturated heterocycles. The van der Waals surface area contributed by atoms with Crippen molar-refractivity contribution in [2.45, 2.75) is 18.9 Å². The predicted octanol–water partition coefficient (Wildman–Crippen LogP) is 2.19. The van der Waals surface area contributed by atoms with Gasteiger partial charge in [0.05, 0.1) is 32.5 Å². The van der Waals surface area contributed by atoms with Gasteiger partial charge < -0.3 is 19.1 Å². The number of ether oxygens (including phenoxy) is 3. The van der Waals surface area contributed by atoms with Crippen molar-refractivity contribution < 1.29 is 14.2 Å². The summed E-state index contributed by atoms with van der Waals surface area (Å²) in [5.74, 6) is 0.947. The predicted molar refractivity (Wildman–Crippen MR) is 79.2 cm³/mol. The quantitative estimate of drug-likeness (QED) is 0.683. The van der Waals surface area contributed by atoms with Crippen LogP contribution < -0.4 is 4.74 Å². The monoisotopic (exact) mass is 279 g/mol. The number of benzene rings is 1. The highest BCUT2D eigenvalue weighted by Crippen LogP contribution is 2.09. The molecule has 1 aliphatic rings. The third-order valence-electron chi connectivity index (χ3n) is 3.41. The molecule has 0 radical (unpaired) electrons. The van der Waals surface area contributed by atoms with Crippen molar-refractivity contribution in [2.75, 3.05) is 46.6 Å². The lowest BCUT2D eigenvalue weighted by molar-refractivity contribution is -0.0922. The van der Waals surface area contributed by atoms with Gasteiger partial charge in [0.25, 0.3) is 0 Å². The summed E-state index contributed by atoms with van der Waals surface area (Å²) in [7, 11) is 2.15. The van der Waals surface area contributed by atoms with Crippen molar-refractivity contribution in [1.82, 2.24) is 4.90 Å². The van der Waals surface area contributed by atoms with Crippen LogP contribution in [-0.2, 0) is 9.47 Å². The fourth-order valence-corrected chi connectivity index (χ4v) is 2.22. The minimum atomic E-state index is 0.270. The average molecular weight is 279 g/mol. The summed E-state index contributed by atoms with van der Waals surface area (Å²) in [4.78, 5) is 2.33. The summed E-state index contributed by atoms with van der Waals surface area (Å²) in [6.07, 6.45) is 2.34. The number of para-hydroxylation sites is 1. The molecule has 0 spiro atoms. The van der Waals surface area contributed by atoms with E-state index in [1.54, 1.807) is 0 Å². The molecule has 1 atom stereocenters. The van der Waals surface area contributed by atoms with E-state index in [1.165, 1.54) is 0 Å². The molecule has 0 bridgehead atoms. The summed E-state index contributed by atoms with van der Waals surface area (Å²) in [5, 5.41) is 0. The lowest BCUT2D eigenvalue weighted by atomic mass is 10.2. The molecule has 112 valence electrons. The molecule has 0 saturated carbocycles. The molecule has 1 aromatic carbocycles. The third-order valence-corrected chi connectivity index (χ3v) is 3.41. The molecular weight excluding hydrogens is 254 g/mol. The first-order valence-corrected chi connectivity index (χ1v) is 7.40. The Morgan fingerprint density at radius 2 is 2.05 bits per heavy atom. The van der Waals surface area contributed by atoms with Crippen molar-refractivity contribution in [3.05, 3.63) is 30.3 Å². The van der Waals surface area contributed by atoms with Gasteiger partial charge in [-0.15, -0.1) is 0 Å². The fourth-order valence-electron chi connectivity index (χ4n) is 2.22. The molecule has 0 amide bonds. The second-order valence-corrected chi connectivity index (χ2v) is 5.17. The van der Waals surface area contributed by atoms with E-state index in [9.17, 15) is 0 Å². The Kier molecular flexibility index (Phi) is 6.84. The third kappa shape index (κ3) is 5.90. The number of hydrogen-bond acceptors (Lipinski definition) is 4. The first-order chi connectivity index (χ1) is 9.84. The largest absolute Gasteiger partial charge is 0.494 e. The number of hydrogen-bond donors (Lipinski definition) is 0. The van der Waals surface area contributed by atoms with Gasteiger partial charge in [0.15, 0.2) is 0 Å². The summed E-state index contributed by atoms with van der Waals surface area (Å²) in [6.45, 7) is 5.06. The normalized spacial score (nSPS) is 19.2. The van der Waals surface area contributed by atoms with E-state index < -0.39 is 0 Å². The molecule has 2 rings (SSSR count). The molecule has 0 aliphatic carbocycles. The van der Waals surface area contributed by atoms with Crippen LogP contribution in [0.1, 0.15) is 12.8 Å². The topological polar surface area (TPSA) is 30.9 Å². The molecule has 1 fully saturated rings. The summed E-state index contributed by atoms with van der Waals surface area (Å²) < 4.78 is 16.7. The maximum absolute atomic E-state index is 5.68. The molecule has 0 N–H and O–H groups in total. The first-order valence-electron chi connectivity index (χ1n) is 7.40. The second kappa shape index (κ2) is 8.95. The van der Waals surface area contributed by atoms with Gasteiger partial charge in [0, 0.05) is 13.1 Å². The molecular formula is C16H25NO3. The van der Waals surface area contributed by atoms with E-state index in [1.807, 2.05) is 30.3 Å². The van der Waals surface area contributed by atoms with E-state index in [-0.39, 0.29) is 6.10 Å². The summed E-state index contributed by atoms with van der Waals surface area (Å²) in [6, 6.07) is 9.97. The Morgan fingerprint density at radius 1 is 1.20 bits per heavy atom. The number of nitrogens with zero attached hydrogens (tertiary/aromatic N) is 1. The van der Waals surface area contributed by atoms with Gasteiger partial charge in [-0.2, -0.15) is 0 Å². The molecule has 4 nitrogen and oxygen atoms in total. The maximum atomic E-state index is 5.68. The van der Waals surface area contributed by atoms with Crippen molar-refractivity contribution in [3.63, 3.8) is 0 Å². The van der Waals surface area contributed by atoms with Gasteiger partial charge in [0.2, 0.25) is 0 Å². The average Bonchev–Trinajstić information content (AvgIpc) is 2.52. The minimum Gasteiger partial charge on any atom is -0.494 e. The zero-order valence-electron chi connectivity index (χ0n) is 12.3. The zero-order valence-corrected chi connectivity index (χ0v) is 12.3. The van der Waals surface area contributed by atoms with Crippen molar-refractivity contribution in [1.29, 1.82) is 0 Å². The van der Waals surface area contributed by atoms with Crippen LogP contribution >= 0.6 is 0 Å². The van der Waals surface area contributed by atoms with Gasteiger partial charge in [-0.25, -0.2) is 0 Å². The Bertz CT molecular complexity index is 352. The van der Waals surface area contributed by atoms with Crippen LogP contribution in [0.25, 0.3) is 0 Å². The Balaban J connectivity index is 1.50. The number of rotatable bonds is 8. The van der Waals surface area contributed by atoms with Crippen molar-refractivity contribution in [2.24, 2.45) is 0 Å². The second-order valence-electron chi connectivity index (χ2n) is 5.17. The van der Waals surface area contributed by atoms with E-state index in [2.05, 4.69) is 11.9 Å². The van der Waals surface area contributed by atoms with E-state index in [4.69, 9.17) is 14.2 Å². The maximum Gasteiger partial charge on any atom is 0.119 e. The molecule has 4 heteroatoms. The smallest absolute Gasteiger partial charge is 0.119 e. The fraction of sp³-hybridized carbons (Fsp3) is 0.625. The van der Waals surface area contributed by atoms with Crippen LogP contribution in [0.5, 0.6) is 5.75 Å². The lowest BCUT2D eigenvalue weighted by Gasteiger charge is -2.25. The zero-order chi connectivity index (χ0) is 14.0. The van der Waals surface area contributed by atoms with Crippen molar-refractivity contribution in [3.8, 4) is 5.75 Å². The van der Waals surface area contributed by atoms with E-state index in [0.29, 0.717) is 0 Å². The van der Waals surface area contributed by atoms with Gasteiger partial charge in [-0.3, -0.25) is 0 Å². The molecule has 1 aliphatic heterocycles. The first kappa shape index (κ1) is 15.3. The summed E-state index contributed by atoms with van der Waals surface area (Å²) >= 11 is 0. The Labute approximate surface area is 121 Å². The molecule has 1 heterocycles. The van der Waals surface area contributed by atoms with Crippen molar-refractivity contribution >= 4 is 0 Å². The standard InChI is InChI=1S/C16H25NO3/c1-17(10-8-16-14-18-12-13-20-16)9-5-11-19-15-6-3-2-4-7-15/h2-4,6-7,16H,5,8-14H2,1H3. The highest BCUT2D eigenvalue weighted by atomic mass is 16.6. The van der Waals surface area contributed by atoms with Gasteiger partial charge in [-0.05, 0) is 32.0 Å². The molecule has 1 aromatic rings. The molecule has 20 heavy (non-hydrogen) atoms. The van der Waals surface area contributed by atoms with Gasteiger partial charge in [0.1, 0.15) is 5.75 Å². The highest BCUT2D eigenvalue weighted by molar-refractivity contribution is 5.20. The molecule has 1 unspecified atom stereocenters. The lowest BCUT2D eigenvalue weighted by Crippen LogP contribution is -2.32. The SMILES string of the molecule is CN(CCCOc1ccccc1)CCC1COCCO1. The van der Waals surface area contributed by atoms with Crippen LogP contribution in [-0.4, -0.2) is 57.6 Å². The van der Waals surface area contributed by atoms with Crippen LogP contribution in [0, 0.1) is 0 Å². The Morgan fingerprint density at radius 3 is 2.80 bits per heavy atom. The van der Waals surface area contributed by atoms with Crippen LogP contribution in [0.4, 0.5) is 0 Å². The van der Waals surface area contributed by atoms with Crippen LogP contribution in [0.15, 0.2) is 30.3 Å². The van der Waals surface area contributed by atoms with Gasteiger partial charge >= 0.3 is 0 Å². The van der Waals surface area contributed by atoms with Crippen LogP contribution in [0.3, 0.4) is 0 Å². The minimum absolute atomic E-state index is 0.270.